The number of phenols is 1. The molecule has 1 aromatic carbocycles. The van der Waals surface area contributed by atoms with Crippen LogP contribution in [0.1, 0.15) is 23.7 Å². The summed E-state index contributed by atoms with van der Waals surface area (Å²) >= 11 is 0. The van der Waals surface area contributed by atoms with E-state index in [0.29, 0.717) is 12.0 Å². The normalized spacial score (nSPS) is 12.1. The van der Waals surface area contributed by atoms with Crippen molar-refractivity contribution in [3.8, 4) is 5.75 Å². The lowest BCUT2D eigenvalue weighted by Crippen LogP contribution is -2.31. The molecule has 0 aliphatic heterocycles. The highest BCUT2D eigenvalue weighted by Crippen LogP contribution is 2.20. The molecule has 16 heavy (non-hydrogen) atoms. The topological polar surface area (TPSA) is 95.6 Å². The predicted octanol–water partition coefficient (Wildman–Crippen LogP) is 0.475. The van der Waals surface area contributed by atoms with Gasteiger partial charge in [0.25, 0.3) is 5.91 Å². The second-order valence-corrected chi connectivity index (χ2v) is 3.55. The first-order chi connectivity index (χ1) is 7.54. The molecule has 0 fully saturated rings. The van der Waals surface area contributed by atoms with Crippen LogP contribution in [-0.4, -0.2) is 28.8 Å². The Morgan fingerprint density at radius 3 is 2.81 bits per heavy atom. The lowest BCUT2D eigenvalue weighted by atomic mass is 10.1. The maximum atomic E-state index is 11.6. The lowest BCUT2D eigenvalue weighted by Gasteiger charge is -2.09. The molecule has 5 nitrogen and oxygen atoms in total. The van der Waals surface area contributed by atoms with Crippen molar-refractivity contribution >= 4 is 11.6 Å². The van der Waals surface area contributed by atoms with Crippen molar-refractivity contribution in [2.45, 2.75) is 19.4 Å². The van der Waals surface area contributed by atoms with Crippen LogP contribution in [0.2, 0.25) is 0 Å². The third kappa shape index (κ3) is 3.13. The van der Waals surface area contributed by atoms with Crippen molar-refractivity contribution in [3.05, 3.63) is 23.8 Å². The zero-order valence-corrected chi connectivity index (χ0v) is 9.10. The van der Waals surface area contributed by atoms with Crippen LogP contribution in [0.3, 0.4) is 0 Å². The number of aliphatic hydroxyl groups is 1. The number of hydrogen-bond donors (Lipinski definition) is 4. The molecular formula is C11H16N2O3. The largest absolute Gasteiger partial charge is 0.506 e. The van der Waals surface area contributed by atoms with Crippen LogP contribution in [0, 0.1) is 0 Å². The molecule has 0 spiro atoms. The molecule has 0 saturated heterocycles. The number of phenolic OH excluding ortho intramolecular Hbond substituents is 1. The van der Waals surface area contributed by atoms with E-state index >= 15 is 0 Å². The van der Waals surface area contributed by atoms with E-state index in [1.165, 1.54) is 18.2 Å². The Labute approximate surface area is 93.9 Å². The molecule has 0 radical (unpaired) electrons. The molecule has 0 aromatic heterocycles. The molecule has 0 aliphatic carbocycles. The van der Waals surface area contributed by atoms with Crippen molar-refractivity contribution in [2.75, 3.05) is 12.3 Å². The monoisotopic (exact) mass is 224 g/mol. The zero-order chi connectivity index (χ0) is 12.1. The van der Waals surface area contributed by atoms with E-state index in [-0.39, 0.29) is 23.9 Å². The van der Waals surface area contributed by atoms with Crippen LogP contribution >= 0.6 is 0 Å². The molecule has 1 unspecified atom stereocenters. The number of aliphatic hydroxyl groups excluding tert-OH is 1. The summed E-state index contributed by atoms with van der Waals surface area (Å²) in [4.78, 5) is 11.6. The van der Waals surface area contributed by atoms with Gasteiger partial charge in [-0.3, -0.25) is 4.79 Å². The maximum absolute atomic E-state index is 11.6. The third-order valence-electron chi connectivity index (χ3n) is 2.26. The van der Waals surface area contributed by atoms with Crippen molar-refractivity contribution < 1.29 is 15.0 Å². The van der Waals surface area contributed by atoms with Crippen molar-refractivity contribution in [2.24, 2.45) is 0 Å². The fourth-order valence-corrected chi connectivity index (χ4v) is 1.14. The van der Waals surface area contributed by atoms with Gasteiger partial charge in [-0.1, -0.05) is 6.92 Å². The van der Waals surface area contributed by atoms with Gasteiger partial charge in [-0.2, -0.15) is 0 Å². The Kier molecular flexibility index (Phi) is 4.13. The number of anilines is 1. The smallest absolute Gasteiger partial charge is 0.251 e. The van der Waals surface area contributed by atoms with Gasteiger partial charge < -0.3 is 21.3 Å². The van der Waals surface area contributed by atoms with Gasteiger partial charge in [0.05, 0.1) is 11.8 Å². The highest BCUT2D eigenvalue weighted by molar-refractivity contribution is 5.95. The van der Waals surface area contributed by atoms with E-state index in [9.17, 15) is 15.0 Å². The van der Waals surface area contributed by atoms with Crippen molar-refractivity contribution in [1.82, 2.24) is 5.32 Å². The Morgan fingerprint density at radius 2 is 2.25 bits per heavy atom. The Bertz CT molecular complexity index is 379. The van der Waals surface area contributed by atoms with Gasteiger partial charge in [-0.25, -0.2) is 0 Å². The second-order valence-electron chi connectivity index (χ2n) is 3.55. The third-order valence-corrected chi connectivity index (χ3v) is 2.26. The fourth-order valence-electron chi connectivity index (χ4n) is 1.14. The molecule has 1 amide bonds. The van der Waals surface area contributed by atoms with Crippen LogP contribution in [-0.2, 0) is 0 Å². The Balaban J connectivity index is 2.63. The van der Waals surface area contributed by atoms with Crippen LogP contribution in [0.15, 0.2) is 18.2 Å². The first-order valence-corrected chi connectivity index (χ1v) is 5.09. The summed E-state index contributed by atoms with van der Waals surface area (Å²) in [5.41, 5.74) is 5.95. The molecule has 5 heteroatoms. The maximum Gasteiger partial charge on any atom is 0.251 e. The molecule has 0 aliphatic rings. The minimum atomic E-state index is -0.550. The number of nitrogens with two attached hydrogens (primary N) is 1. The summed E-state index contributed by atoms with van der Waals surface area (Å²) in [5, 5.41) is 21.1. The number of rotatable bonds is 4. The van der Waals surface area contributed by atoms with Gasteiger partial charge in [-0.15, -0.1) is 0 Å². The van der Waals surface area contributed by atoms with Crippen LogP contribution in [0.25, 0.3) is 0 Å². The van der Waals surface area contributed by atoms with E-state index in [1.54, 1.807) is 0 Å². The number of nitrogens with one attached hydrogen (secondary N) is 1. The van der Waals surface area contributed by atoms with Gasteiger partial charge in [0.1, 0.15) is 5.75 Å². The summed E-state index contributed by atoms with van der Waals surface area (Å²) < 4.78 is 0. The van der Waals surface area contributed by atoms with Gasteiger partial charge in [0, 0.05) is 12.1 Å². The van der Waals surface area contributed by atoms with E-state index in [0.717, 1.165) is 0 Å². The molecule has 0 heterocycles. The van der Waals surface area contributed by atoms with E-state index in [4.69, 9.17) is 5.73 Å². The highest BCUT2D eigenvalue weighted by atomic mass is 16.3. The Morgan fingerprint density at radius 1 is 1.56 bits per heavy atom. The summed E-state index contributed by atoms with van der Waals surface area (Å²) in [7, 11) is 0. The highest BCUT2D eigenvalue weighted by Gasteiger charge is 2.09. The second kappa shape index (κ2) is 5.37. The van der Waals surface area contributed by atoms with E-state index < -0.39 is 6.10 Å². The number of benzene rings is 1. The molecule has 5 N–H and O–H groups in total. The van der Waals surface area contributed by atoms with E-state index in [1.807, 2.05) is 6.92 Å². The molecular weight excluding hydrogens is 208 g/mol. The van der Waals surface area contributed by atoms with Gasteiger partial charge in [0.15, 0.2) is 0 Å². The molecule has 0 saturated carbocycles. The summed E-state index contributed by atoms with van der Waals surface area (Å²) in [5.74, 6) is -0.466. The van der Waals surface area contributed by atoms with Crippen LogP contribution in [0.4, 0.5) is 5.69 Å². The summed E-state index contributed by atoms with van der Waals surface area (Å²) in [6.45, 7) is 2.02. The van der Waals surface area contributed by atoms with Crippen molar-refractivity contribution in [1.29, 1.82) is 0 Å². The summed E-state index contributed by atoms with van der Waals surface area (Å²) in [6.07, 6.45) is 0.0270. The zero-order valence-electron chi connectivity index (χ0n) is 9.10. The Hall–Kier alpha value is -1.75. The van der Waals surface area contributed by atoms with Gasteiger partial charge in [0.2, 0.25) is 0 Å². The van der Waals surface area contributed by atoms with E-state index in [2.05, 4.69) is 5.32 Å². The van der Waals surface area contributed by atoms with Gasteiger partial charge in [-0.05, 0) is 24.6 Å². The SMILES string of the molecule is CCC(O)CNC(=O)c1ccc(N)c(O)c1. The quantitative estimate of drug-likeness (QED) is 0.441. The molecule has 1 atom stereocenters. The number of carbonyl (C=O) groups excluding carboxylic acids is 1. The lowest BCUT2D eigenvalue weighted by molar-refractivity contribution is 0.0913. The molecule has 88 valence electrons. The number of carbonyl (C=O) groups is 1. The number of amides is 1. The van der Waals surface area contributed by atoms with Gasteiger partial charge >= 0.3 is 0 Å². The number of hydrogen-bond acceptors (Lipinski definition) is 4. The minimum Gasteiger partial charge on any atom is -0.506 e. The average Bonchev–Trinajstić information content (AvgIpc) is 2.29. The first kappa shape index (κ1) is 12.3. The summed E-state index contributed by atoms with van der Waals surface area (Å²) in [6, 6.07) is 4.27. The molecule has 1 aromatic rings. The number of aromatic hydroxyl groups is 1. The van der Waals surface area contributed by atoms with Crippen LogP contribution < -0.4 is 11.1 Å². The number of nitrogen functional groups attached to an aromatic ring is 1. The van der Waals surface area contributed by atoms with Crippen LogP contribution in [0.5, 0.6) is 5.75 Å². The van der Waals surface area contributed by atoms with Crippen molar-refractivity contribution in [3.63, 3.8) is 0 Å². The minimum absolute atomic E-state index is 0.122. The average molecular weight is 224 g/mol. The standard InChI is InChI=1S/C11H16N2O3/c1-2-8(14)6-13-11(16)7-3-4-9(12)10(15)5-7/h3-5,8,14-15H,2,6,12H2,1H3,(H,13,16). The molecule has 0 bridgehead atoms. The first-order valence-electron chi connectivity index (χ1n) is 5.09. The fraction of sp³-hybridized carbons (Fsp3) is 0.364. The predicted molar refractivity (Wildman–Crippen MR) is 61.2 cm³/mol. The molecule has 1 rings (SSSR count).